The van der Waals surface area contributed by atoms with E-state index >= 15 is 0 Å². The first-order valence-electron chi connectivity index (χ1n) is 11.0. The van der Waals surface area contributed by atoms with Crippen LogP contribution in [0.1, 0.15) is 48.5 Å². The average Bonchev–Trinajstić information content (AvgIpc) is 3.36. The van der Waals surface area contributed by atoms with Gasteiger partial charge in [0.05, 0.1) is 12.2 Å². The minimum atomic E-state index is -0.858. The van der Waals surface area contributed by atoms with Gasteiger partial charge in [-0.2, -0.15) is 0 Å². The molecule has 1 aliphatic rings. The molecule has 0 spiro atoms. The molecular weight excluding hydrogens is 420 g/mol. The minimum Gasteiger partial charge on any atom is -0.507 e. The third kappa shape index (κ3) is 4.67. The normalized spacial score (nSPS) is 17.5. The van der Waals surface area contributed by atoms with E-state index in [1.807, 2.05) is 6.07 Å². The van der Waals surface area contributed by atoms with E-state index < -0.39 is 17.7 Å². The number of hydrogen-bond donors (Lipinski definition) is 1. The molecular formula is C26H26N2O5. The quantitative estimate of drug-likeness (QED) is 0.232. The second-order valence-electron chi connectivity index (χ2n) is 7.97. The molecule has 2 aromatic heterocycles. The Hall–Kier alpha value is -3.87. The fourth-order valence-electron chi connectivity index (χ4n) is 3.85. The van der Waals surface area contributed by atoms with Crippen LogP contribution in [0.25, 0.3) is 5.76 Å². The van der Waals surface area contributed by atoms with Crippen molar-refractivity contribution >= 4 is 17.4 Å². The summed E-state index contributed by atoms with van der Waals surface area (Å²) in [4.78, 5) is 31.6. The van der Waals surface area contributed by atoms with E-state index in [0.29, 0.717) is 29.4 Å². The van der Waals surface area contributed by atoms with Crippen molar-refractivity contribution in [2.75, 3.05) is 6.61 Å². The largest absolute Gasteiger partial charge is 0.507 e. The molecule has 1 atom stereocenters. The van der Waals surface area contributed by atoms with Gasteiger partial charge in [0.2, 0.25) is 0 Å². The zero-order chi connectivity index (χ0) is 23.4. The number of carbonyl (C=O) groups is 2. The number of hydrogen-bond acceptors (Lipinski definition) is 6. The van der Waals surface area contributed by atoms with Gasteiger partial charge in [-0.15, -0.1) is 0 Å². The number of aliphatic hydroxyl groups is 1. The number of ketones is 1. The Morgan fingerprint density at radius 1 is 1.18 bits per heavy atom. The van der Waals surface area contributed by atoms with E-state index in [1.165, 1.54) is 4.90 Å². The van der Waals surface area contributed by atoms with E-state index in [4.69, 9.17) is 9.15 Å². The van der Waals surface area contributed by atoms with E-state index in [0.717, 1.165) is 18.4 Å². The predicted molar refractivity (Wildman–Crippen MR) is 122 cm³/mol. The number of aliphatic hydroxyl groups excluding tert-OH is 1. The van der Waals surface area contributed by atoms with Crippen molar-refractivity contribution in [1.29, 1.82) is 0 Å². The van der Waals surface area contributed by atoms with E-state index in [1.54, 1.807) is 61.8 Å². The summed E-state index contributed by atoms with van der Waals surface area (Å²) in [6.07, 6.45) is 5.19. The SMILES string of the molecule is CCCCOc1cccc(C(O)=C2C(=O)C(=O)N(Cc3cccnc3)C2c2ccc(C)o2)c1. The zero-order valence-corrected chi connectivity index (χ0v) is 18.7. The Kier molecular flexibility index (Phi) is 6.58. The van der Waals surface area contributed by atoms with Gasteiger partial charge in [0.15, 0.2) is 0 Å². The van der Waals surface area contributed by atoms with E-state index in [-0.39, 0.29) is 17.9 Å². The Bertz CT molecular complexity index is 1180. The molecule has 3 heterocycles. The lowest BCUT2D eigenvalue weighted by Crippen LogP contribution is -2.29. The lowest BCUT2D eigenvalue weighted by molar-refractivity contribution is -0.140. The highest BCUT2D eigenvalue weighted by atomic mass is 16.5. The maximum Gasteiger partial charge on any atom is 0.296 e. The summed E-state index contributed by atoms with van der Waals surface area (Å²) in [5, 5.41) is 11.2. The molecule has 4 rings (SSSR count). The van der Waals surface area contributed by atoms with Gasteiger partial charge in [0.1, 0.15) is 29.1 Å². The van der Waals surface area contributed by atoms with Crippen LogP contribution in [-0.2, 0) is 16.1 Å². The van der Waals surface area contributed by atoms with Crippen molar-refractivity contribution in [2.45, 2.75) is 39.3 Å². The minimum absolute atomic E-state index is 0.0102. The number of Topliss-reactive ketones (excluding diaryl/α,β-unsaturated/α-hetero) is 1. The summed E-state index contributed by atoms with van der Waals surface area (Å²) in [7, 11) is 0. The molecule has 33 heavy (non-hydrogen) atoms. The number of rotatable bonds is 8. The molecule has 1 saturated heterocycles. The van der Waals surface area contributed by atoms with Crippen LogP contribution < -0.4 is 4.74 Å². The van der Waals surface area contributed by atoms with Crippen LogP contribution in [0.2, 0.25) is 0 Å². The summed E-state index contributed by atoms with van der Waals surface area (Å²) in [6, 6.07) is 13.1. The van der Waals surface area contributed by atoms with Gasteiger partial charge in [0.25, 0.3) is 11.7 Å². The first-order valence-corrected chi connectivity index (χ1v) is 11.0. The third-order valence-corrected chi connectivity index (χ3v) is 5.52. The summed E-state index contributed by atoms with van der Waals surface area (Å²) in [5.74, 6) is -0.0807. The number of furan rings is 1. The first kappa shape index (κ1) is 22.3. The highest BCUT2D eigenvalue weighted by Gasteiger charge is 2.47. The van der Waals surface area contributed by atoms with Crippen molar-refractivity contribution in [3.8, 4) is 5.75 Å². The van der Waals surface area contributed by atoms with Gasteiger partial charge in [-0.3, -0.25) is 14.6 Å². The molecule has 1 aromatic carbocycles. The third-order valence-electron chi connectivity index (χ3n) is 5.52. The molecule has 0 bridgehead atoms. The van der Waals surface area contributed by atoms with Crippen LogP contribution in [0.4, 0.5) is 0 Å². The van der Waals surface area contributed by atoms with Crippen molar-refractivity contribution in [3.63, 3.8) is 0 Å². The predicted octanol–water partition coefficient (Wildman–Crippen LogP) is 4.78. The lowest BCUT2D eigenvalue weighted by atomic mass is 9.99. The topological polar surface area (TPSA) is 92.9 Å². The monoisotopic (exact) mass is 446 g/mol. The number of unbranched alkanes of at least 4 members (excludes halogenated alkanes) is 1. The van der Waals surface area contributed by atoms with E-state index in [2.05, 4.69) is 11.9 Å². The smallest absolute Gasteiger partial charge is 0.296 e. The maximum absolute atomic E-state index is 13.1. The Morgan fingerprint density at radius 2 is 2.03 bits per heavy atom. The molecule has 7 heteroatoms. The Labute approximate surface area is 192 Å². The van der Waals surface area contributed by atoms with Gasteiger partial charge >= 0.3 is 0 Å². The van der Waals surface area contributed by atoms with Gasteiger partial charge in [0, 0.05) is 24.5 Å². The number of aryl methyl sites for hydroxylation is 1. The Balaban J connectivity index is 1.76. The number of benzene rings is 1. The molecule has 3 aromatic rings. The number of likely N-dealkylation sites (tertiary alicyclic amines) is 1. The van der Waals surface area contributed by atoms with Crippen LogP contribution in [0.3, 0.4) is 0 Å². The molecule has 0 radical (unpaired) electrons. The maximum atomic E-state index is 13.1. The second-order valence-corrected chi connectivity index (χ2v) is 7.97. The number of carbonyl (C=O) groups excluding carboxylic acids is 2. The zero-order valence-electron chi connectivity index (χ0n) is 18.7. The van der Waals surface area contributed by atoms with Crippen LogP contribution in [0.15, 0.2) is 70.9 Å². The fourth-order valence-corrected chi connectivity index (χ4v) is 3.85. The number of nitrogens with zero attached hydrogens (tertiary/aromatic N) is 2. The van der Waals surface area contributed by atoms with Crippen molar-refractivity contribution in [1.82, 2.24) is 9.88 Å². The highest BCUT2D eigenvalue weighted by Crippen LogP contribution is 2.41. The van der Waals surface area contributed by atoms with Crippen LogP contribution in [0.5, 0.6) is 5.75 Å². The lowest BCUT2D eigenvalue weighted by Gasteiger charge is -2.23. The van der Waals surface area contributed by atoms with Gasteiger partial charge in [-0.1, -0.05) is 31.5 Å². The first-order chi connectivity index (χ1) is 16.0. The molecule has 1 amide bonds. The molecule has 1 aliphatic heterocycles. The van der Waals surface area contributed by atoms with E-state index in [9.17, 15) is 14.7 Å². The molecule has 7 nitrogen and oxygen atoms in total. The standard InChI is InChI=1S/C26H26N2O5/c1-3-4-13-32-20-9-5-8-19(14-20)24(29)22-23(21-11-10-17(2)33-21)28(26(31)25(22)30)16-18-7-6-12-27-15-18/h5-12,14-15,23,29H,3-4,13,16H2,1-2H3. The van der Waals surface area contributed by atoms with Crippen LogP contribution >= 0.6 is 0 Å². The molecule has 0 aliphatic carbocycles. The highest BCUT2D eigenvalue weighted by molar-refractivity contribution is 6.46. The van der Waals surface area contributed by atoms with Crippen LogP contribution in [0, 0.1) is 6.92 Å². The summed E-state index contributed by atoms with van der Waals surface area (Å²) < 4.78 is 11.5. The molecule has 1 N–H and O–H groups in total. The summed E-state index contributed by atoms with van der Waals surface area (Å²) >= 11 is 0. The average molecular weight is 447 g/mol. The van der Waals surface area contributed by atoms with Gasteiger partial charge in [-0.25, -0.2) is 0 Å². The van der Waals surface area contributed by atoms with Gasteiger partial charge < -0.3 is 19.2 Å². The fraction of sp³-hybridized carbons (Fsp3) is 0.269. The van der Waals surface area contributed by atoms with Crippen molar-refractivity contribution < 1.29 is 23.8 Å². The summed E-state index contributed by atoms with van der Waals surface area (Å²) in [5.41, 5.74) is 1.15. The number of amides is 1. The summed E-state index contributed by atoms with van der Waals surface area (Å²) in [6.45, 7) is 4.57. The Morgan fingerprint density at radius 3 is 2.73 bits per heavy atom. The van der Waals surface area contributed by atoms with Gasteiger partial charge in [-0.05, 0) is 49.2 Å². The second kappa shape index (κ2) is 9.73. The van der Waals surface area contributed by atoms with Crippen molar-refractivity contribution in [2.24, 2.45) is 0 Å². The number of ether oxygens (including phenoxy) is 1. The van der Waals surface area contributed by atoms with Crippen molar-refractivity contribution in [3.05, 3.63) is 89.1 Å². The van der Waals surface area contributed by atoms with Crippen LogP contribution in [-0.4, -0.2) is 33.3 Å². The number of pyridine rings is 1. The molecule has 170 valence electrons. The molecule has 1 fully saturated rings. The number of aromatic nitrogens is 1. The molecule has 0 saturated carbocycles. The molecule has 1 unspecified atom stereocenters.